The van der Waals surface area contributed by atoms with Gasteiger partial charge in [0, 0.05) is 18.2 Å². The highest BCUT2D eigenvalue weighted by Gasteiger charge is 2.09. The molecule has 4 nitrogen and oxygen atoms in total. The molecule has 4 heteroatoms. The van der Waals surface area contributed by atoms with Crippen LogP contribution in [-0.2, 0) is 11.3 Å². The van der Waals surface area contributed by atoms with Gasteiger partial charge in [0.2, 0.25) is 0 Å². The van der Waals surface area contributed by atoms with Gasteiger partial charge in [0.15, 0.2) is 6.61 Å². The lowest BCUT2D eigenvalue weighted by atomic mass is 10.1. The van der Waals surface area contributed by atoms with E-state index in [2.05, 4.69) is 17.6 Å². The summed E-state index contributed by atoms with van der Waals surface area (Å²) in [7, 11) is 0. The van der Waals surface area contributed by atoms with Gasteiger partial charge < -0.3 is 15.4 Å². The Kier molecular flexibility index (Phi) is 6.36. The van der Waals surface area contributed by atoms with Crippen LogP contribution in [-0.4, -0.2) is 25.1 Å². The van der Waals surface area contributed by atoms with E-state index in [-0.39, 0.29) is 18.6 Å². The summed E-state index contributed by atoms with van der Waals surface area (Å²) in [4.78, 5) is 11.6. The molecule has 0 aliphatic carbocycles. The Balaban J connectivity index is 2.68. The molecule has 0 saturated heterocycles. The van der Waals surface area contributed by atoms with Crippen molar-refractivity contribution in [3.05, 3.63) is 29.3 Å². The standard InChI is InChI=1S/C15H24N2O2/c1-5-16-9-13-8-6-7-12(4)15(13)19-10-14(18)17-11(2)3/h6-8,11,16H,5,9-10H2,1-4H3,(H,17,18). The van der Waals surface area contributed by atoms with Crippen molar-refractivity contribution in [1.82, 2.24) is 10.6 Å². The van der Waals surface area contributed by atoms with Gasteiger partial charge in [-0.2, -0.15) is 0 Å². The zero-order chi connectivity index (χ0) is 14.3. The Morgan fingerprint density at radius 2 is 2.11 bits per heavy atom. The first kappa shape index (κ1) is 15.5. The van der Waals surface area contributed by atoms with Crippen LogP contribution in [0.2, 0.25) is 0 Å². The van der Waals surface area contributed by atoms with Crippen LogP contribution in [0.4, 0.5) is 0 Å². The van der Waals surface area contributed by atoms with Crippen LogP contribution in [0.5, 0.6) is 5.75 Å². The van der Waals surface area contributed by atoms with Crippen molar-refractivity contribution < 1.29 is 9.53 Å². The number of carbonyl (C=O) groups is 1. The average Bonchev–Trinajstić information content (AvgIpc) is 2.34. The minimum atomic E-state index is -0.0901. The molecular weight excluding hydrogens is 240 g/mol. The maximum Gasteiger partial charge on any atom is 0.258 e. The van der Waals surface area contributed by atoms with Crippen LogP contribution in [0.1, 0.15) is 31.9 Å². The highest BCUT2D eigenvalue weighted by molar-refractivity contribution is 5.77. The first-order valence-electron chi connectivity index (χ1n) is 6.76. The van der Waals surface area contributed by atoms with Gasteiger partial charge in [0.05, 0.1) is 0 Å². The molecule has 0 heterocycles. The summed E-state index contributed by atoms with van der Waals surface area (Å²) in [6.07, 6.45) is 0. The highest BCUT2D eigenvalue weighted by atomic mass is 16.5. The van der Waals surface area contributed by atoms with Gasteiger partial charge >= 0.3 is 0 Å². The second kappa shape index (κ2) is 7.79. The van der Waals surface area contributed by atoms with Gasteiger partial charge in [-0.15, -0.1) is 0 Å². The van der Waals surface area contributed by atoms with Crippen LogP contribution < -0.4 is 15.4 Å². The Hall–Kier alpha value is -1.55. The van der Waals surface area contributed by atoms with Gasteiger partial charge in [-0.25, -0.2) is 0 Å². The summed E-state index contributed by atoms with van der Waals surface area (Å²) in [5.41, 5.74) is 2.13. The van der Waals surface area contributed by atoms with Crippen LogP contribution in [0.15, 0.2) is 18.2 Å². The minimum Gasteiger partial charge on any atom is -0.483 e. The predicted molar refractivity (Wildman–Crippen MR) is 77.3 cm³/mol. The van der Waals surface area contributed by atoms with Crippen molar-refractivity contribution in [3.8, 4) is 5.75 Å². The largest absolute Gasteiger partial charge is 0.483 e. The number of aryl methyl sites for hydroxylation is 1. The zero-order valence-electron chi connectivity index (χ0n) is 12.2. The second-order valence-electron chi connectivity index (χ2n) is 4.85. The van der Waals surface area contributed by atoms with Crippen molar-refractivity contribution in [3.63, 3.8) is 0 Å². The SMILES string of the molecule is CCNCc1cccc(C)c1OCC(=O)NC(C)C. The lowest BCUT2D eigenvalue weighted by Crippen LogP contribution is -2.34. The number of para-hydroxylation sites is 1. The average molecular weight is 264 g/mol. The summed E-state index contributed by atoms with van der Waals surface area (Å²) in [5.74, 6) is 0.718. The second-order valence-corrected chi connectivity index (χ2v) is 4.85. The van der Waals surface area contributed by atoms with Crippen molar-refractivity contribution in [2.45, 2.75) is 40.3 Å². The maximum atomic E-state index is 11.6. The third-order valence-electron chi connectivity index (χ3n) is 2.66. The molecule has 1 aromatic rings. The third kappa shape index (κ3) is 5.30. The molecule has 0 radical (unpaired) electrons. The van der Waals surface area contributed by atoms with Crippen molar-refractivity contribution in [1.29, 1.82) is 0 Å². The quantitative estimate of drug-likeness (QED) is 0.792. The van der Waals surface area contributed by atoms with Crippen molar-refractivity contribution in [2.24, 2.45) is 0 Å². The van der Waals surface area contributed by atoms with E-state index in [0.717, 1.165) is 30.0 Å². The van der Waals surface area contributed by atoms with E-state index < -0.39 is 0 Å². The lowest BCUT2D eigenvalue weighted by Gasteiger charge is -2.15. The van der Waals surface area contributed by atoms with Crippen LogP contribution in [0.3, 0.4) is 0 Å². The molecule has 1 rings (SSSR count). The molecule has 1 aromatic carbocycles. The van der Waals surface area contributed by atoms with E-state index in [9.17, 15) is 4.79 Å². The van der Waals surface area contributed by atoms with E-state index in [1.165, 1.54) is 0 Å². The van der Waals surface area contributed by atoms with Gasteiger partial charge in [-0.1, -0.05) is 25.1 Å². The summed E-state index contributed by atoms with van der Waals surface area (Å²) >= 11 is 0. The molecule has 0 aromatic heterocycles. The molecule has 0 aliphatic heterocycles. The smallest absolute Gasteiger partial charge is 0.258 e. The molecule has 2 N–H and O–H groups in total. The predicted octanol–water partition coefficient (Wildman–Crippen LogP) is 2.01. The number of hydrogen-bond acceptors (Lipinski definition) is 3. The monoisotopic (exact) mass is 264 g/mol. The van der Waals surface area contributed by atoms with E-state index in [4.69, 9.17) is 4.74 Å². The van der Waals surface area contributed by atoms with Crippen LogP contribution in [0.25, 0.3) is 0 Å². The Labute approximate surface area is 115 Å². The molecule has 0 aliphatic rings. The minimum absolute atomic E-state index is 0.0577. The van der Waals surface area contributed by atoms with Gasteiger partial charge in [-0.3, -0.25) is 4.79 Å². The molecule has 0 unspecified atom stereocenters. The number of benzene rings is 1. The highest BCUT2D eigenvalue weighted by Crippen LogP contribution is 2.23. The molecule has 19 heavy (non-hydrogen) atoms. The molecule has 0 atom stereocenters. The van der Waals surface area contributed by atoms with E-state index in [1.807, 2.05) is 39.0 Å². The van der Waals surface area contributed by atoms with Crippen LogP contribution in [0, 0.1) is 6.92 Å². The molecule has 0 bridgehead atoms. The summed E-state index contributed by atoms with van der Waals surface area (Å²) in [6, 6.07) is 6.15. The zero-order valence-corrected chi connectivity index (χ0v) is 12.2. The molecule has 0 saturated carbocycles. The van der Waals surface area contributed by atoms with E-state index >= 15 is 0 Å². The number of amides is 1. The maximum absolute atomic E-state index is 11.6. The first-order chi connectivity index (χ1) is 9.04. The molecule has 0 spiro atoms. The Morgan fingerprint density at radius 3 is 2.74 bits per heavy atom. The molecular formula is C15H24N2O2. The molecule has 1 amide bonds. The normalized spacial score (nSPS) is 10.6. The van der Waals surface area contributed by atoms with Crippen molar-refractivity contribution >= 4 is 5.91 Å². The van der Waals surface area contributed by atoms with E-state index in [1.54, 1.807) is 0 Å². The summed E-state index contributed by atoms with van der Waals surface area (Å²) in [6.45, 7) is 9.63. The van der Waals surface area contributed by atoms with Crippen molar-refractivity contribution in [2.75, 3.05) is 13.2 Å². The first-order valence-corrected chi connectivity index (χ1v) is 6.76. The van der Waals surface area contributed by atoms with Gasteiger partial charge in [-0.05, 0) is 32.9 Å². The van der Waals surface area contributed by atoms with Crippen LogP contribution >= 0.6 is 0 Å². The Morgan fingerprint density at radius 1 is 1.37 bits per heavy atom. The summed E-state index contributed by atoms with van der Waals surface area (Å²) in [5, 5.41) is 6.09. The number of nitrogens with one attached hydrogen (secondary N) is 2. The fraction of sp³-hybridized carbons (Fsp3) is 0.533. The number of hydrogen-bond donors (Lipinski definition) is 2. The number of rotatable bonds is 7. The van der Waals surface area contributed by atoms with Gasteiger partial charge in [0.25, 0.3) is 5.91 Å². The fourth-order valence-corrected chi connectivity index (χ4v) is 1.82. The summed E-state index contributed by atoms with van der Waals surface area (Å²) < 4.78 is 5.68. The Bertz CT molecular complexity index is 417. The third-order valence-corrected chi connectivity index (χ3v) is 2.66. The number of ether oxygens (including phenoxy) is 1. The fourth-order valence-electron chi connectivity index (χ4n) is 1.82. The van der Waals surface area contributed by atoms with E-state index in [0.29, 0.717) is 0 Å². The van der Waals surface area contributed by atoms with Gasteiger partial charge in [0.1, 0.15) is 5.75 Å². The molecule has 106 valence electrons. The topological polar surface area (TPSA) is 50.4 Å². The molecule has 0 fully saturated rings. The lowest BCUT2D eigenvalue weighted by molar-refractivity contribution is -0.123. The number of carbonyl (C=O) groups excluding carboxylic acids is 1.